The summed E-state index contributed by atoms with van der Waals surface area (Å²) in [6, 6.07) is 0. The third-order valence-corrected chi connectivity index (χ3v) is 4.08. The van der Waals surface area contributed by atoms with Crippen LogP contribution >= 0.6 is 27.3 Å². The van der Waals surface area contributed by atoms with Crippen LogP contribution in [0.1, 0.15) is 19.3 Å². The molecule has 1 aliphatic rings. The average molecular weight is 334 g/mol. The molecule has 0 aromatic carbocycles. The fraction of sp³-hybridized carbons (Fsp3) is 0.636. The van der Waals surface area contributed by atoms with Crippen LogP contribution in [-0.4, -0.2) is 36.7 Å². The van der Waals surface area contributed by atoms with E-state index in [-0.39, 0.29) is 5.91 Å². The molecular weight excluding hydrogens is 318 g/mol. The van der Waals surface area contributed by atoms with Crippen LogP contribution in [0, 0.1) is 0 Å². The zero-order chi connectivity index (χ0) is 12.8. The molecule has 5 nitrogen and oxygen atoms in total. The van der Waals surface area contributed by atoms with Gasteiger partial charge >= 0.3 is 0 Å². The number of piperidine rings is 1. The van der Waals surface area contributed by atoms with E-state index in [9.17, 15) is 4.79 Å². The van der Waals surface area contributed by atoms with Crippen molar-refractivity contribution in [3.63, 3.8) is 0 Å². The number of ether oxygens (including phenoxy) is 1. The minimum atomic E-state index is -0.0502. The summed E-state index contributed by atoms with van der Waals surface area (Å²) in [6.45, 7) is 2.48. The number of aromatic nitrogens is 1. The van der Waals surface area contributed by atoms with Gasteiger partial charge in [0.15, 0.2) is 5.13 Å². The second-order valence-corrected chi connectivity index (χ2v) is 6.50. The highest BCUT2D eigenvalue weighted by molar-refractivity contribution is 9.11. The fourth-order valence-corrected chi connectivity index (χ4v) is 2.90. The summed E-state index contributed by atoms with van der Waals surface area (Å²) in [4.78, 5) is 15.7. The summed E-state index contributed by atoms with van der Waals surface area (Å²) in [5.41, 5.74) is 0. The Hall–Kier alpha value is -0.500. The second kappa shape index (κ2) is 7.18. The van der Waals surface area contributed by atoms with E-state index in [1.54, 1.807) is 6.20 Å². The van der Waals surface area contributed by atoms with Crippen LogP contribution in [0.5, 0.6) is 0 Å². The molecule has 0 saturated carbocycles. The highest BCUT2D eigenvalue weighted by Gasteiger charge is 2.13. The van der Waals surface area contributed by atoms with Gasteiger partial charge in [-0.2, -0.15) is 0 Å². The van der Waals surface area contributed by atoms with E-state index in [4.69, 9.17) is 4.74 Å². The Kier molecular flexibility index (Phi) is 5.55. The van der Waals surface area contributed by atoms with Gasteiger partial charge in [-0.05, 0) is 41.9 Å². The number of rotatable bonds is 5. The van der Waals surface area contributed by atoms with Crippen LogP contribution in [0.3, 0.4) is 0 Å². The summed E-state index contributed by atoms with van der Waals surface area (Å²) >= 11 is 4.70. The minimum Gasteiger partial charge on any atom is -0.378 e. The van der Waals surface area contributed by atoms with Crippen LogP contribution in [-0.2, 0) is 9.53 Å². The third kappa shape index (κ3) is 4.64. The minimum absolute atomic E-state index is 0.0502. The molecule has 2 heterocycles. The molecule has 1 fully saturated rings. The summed E-state index contributed by atoms with van der Waals surface area (Å²) in [7, 11) is 0. The maximum absolute atomic E-state index is 11.6. The monoisotopic (exact) mass is 333 g/mol. The van der Waals surface area contributed by atoms with E-state index >= 15 is 0 Å². The molecular formula is C11H16BrN3O2S. The smallest absolute Gasteiger partial charge is 0.228 e. The Balaban J connectivity index is 1.62. The van der Waals surface area contributed by atoms with Crippen molar-refractivity contribution in [2.75, 3.05) is 25.0 Å². The molecule has 2 rings (SSSR count). The second-order valence-electron chi connectivity index (χ2n) is 4.09. The number of hydrogen-bond acceptors (Lipinski definition) is 5. The molecule has 0 bridgehead atoms. The number of hydrogen-bond donors (Lipinski definition) is 2. The first-order valence-electron chi connectivity index (χ1n) is 5.97. The number of nitrogens with zero attached hydrogens (tertiary/aromatic N) is 1. The highest BCUT2D eigenvalue weighted by Crippen LogP contribution is 2.23. The fourth-order valence-electron chi connectivity index (χ4n) is 1.77. The predicted octanol–water partition coefficient (Wildman–Crippen LogP) is 2.00. The van der Waals surface area contributed by atoms with Gasteiger partial charge < -0.3 is 15.4 Å². The first kappa shape index (κ1) is 13.9. The lowest BCUT2D eigenvalue weighted by atomic mass is 10.1. The first-order chi connectivity index (χ1) is 8.74. The highest BCUT2D eigenvalue weighted by atomic mass is 79.9. The molecule has 0 radical (unpaired) electrons. The molecule has 1 aromatic rings. The Labute approximate surface area is 118 Å². The zero-order valence-corrected chi connectivity index (χ0v) is 12.3. The average Bonchev–Trinajstić information content (AvgIpc) is 2.76. The zero-order valence-electron chi connectivity index (χ0n) is 9.95. The van der Waals surface area contributed by atoms with Gasteiger partial charge in [0.1, 0.15) is 0 Å². The summed E-state index contributed by atoms with van der Waals surface area (Å²) in [5.74, 6) is -0.0502. The lowest BCUT2D eigenvalue weighted by Crippen LogP contribution is -2.33. The number of halogens is 1. The molecule has 0 aliphatic carbocycles. The van der Waals surface area contributed by atoms with E-state index in [2.05, 4.69) is 31.5 Å². The van der Waals surface area contributed by atoms with Crippen molar-refractivity contribution < 1.29 is 9.53 Å². The molecule has 1 aliphatic heterocycles. The molecule has 18 heavy (non-hydrogen) atoms. The van der Waals surface area contributed by atoms with Gasteiger partial charge in [-0.25, -0.2) is 4.98 Å². The lowest BCUT2D eigenvalue weighted by Gasteiger charge is -2.22. The number of nitrogens with one attached hydrogen (secondary N) is 2. The summed E-state index contributed by atoms with van der Waals surface area (Å²) in [6.07, 6.45) is 4.41. The van der Waals surface area contributed by atoms with Crippen molar-refractivity contribution >= 4 is 38.3 Å². The van der Waals surface area contributed by atoms with Gasteiger partial charge in [0, 0.05) is 0 Å². The van der Waals surface area contributed by atoms with Gasteiger partial charge in [-0.1, -0.05) is 11.3 Å². The SMILES string of the molecule is O=C(CCOC1CCNCC1)Nc1ncc(Br)s1. The quantitative estimate of drug-likeness (QED) is 0.865. The van der Waals surface area contributed by atoms with E-state index in [0.29, 0.717) is 24.3 Å². The molecule has 1 amide bonds. The molecule has 0 atom stereocenters. The summed E-state index contributed by atoms with van der Waals surface area (Å²) < 4.78 is 6.58. The topological polar surface area (TPSA) is 63.2 Å². The van der Waals surface area contributed by atoms with Gasteiger partial charge in [-0.3, -0.25) is 4.79 Å². The molecule has 1 aromatic heterocycles. The van der Waals surface area contributed by atoms with Crippen LogP contribution in [0.25, 0.3) is 0 Å². The van der Waals surface area contributed by atoms with E-state index in [0.717, 1.165) is 29.7 Å². The van der Waals surface area contributed by atoms with Gasteiger partial charge in [0.25, 0.3) is 0 Å². The van der Waals surface area contributed by atoms with Crippen LogP contribution in [0.2, 0.25) is 0 Å². The van der Waals surface area contributed by atoms with E-state index in [1.807, 2.05) is 0 Å². The van der Waals surface area contributed by atoms with Gasteiger partial charge in [0.05, 0.1) is 29.1 Å². The summed E-state index contributed by atoms with van der Waals surface area (Å²) in [5, 5.41) is 6.64. The number of amides is 1. The van der Waals surface area contributed by atoms with Gasteiger partial charge in [0.2, 0.25) is 5.91 Å². The largest absolute Gasteiger partial charge is 0.378 e. The molecule has 1 saturated heterocycles. The molecule has 2 N–H and O–H groups in total. The normalized spacial score (nSPS) is 16.7. The molecule has 100 valence electrons. The lowest BCUT2D eigenvalue weighted by molar-refractivity contribution is -0.117. The molecule has 7 heteroatoms. The Morgan fingerprint density at radius 3 is 3.06 bits per heavy atom. The van der Waals surface area contributed by atoms with E-state index in [1.165, 1.54) is 11.3 Å². The number of carbonyl (C=O) groups excluding carboxylic acids is 1. The Morgan fingerprint density at radius 1 is 1.61 bits per heavy atom. The Morgan fingerprint density at radius 2 is 2.39 bits per heavy atom. The van der Waals surface area contributed by atoms with Crippen LogP contribution in [0.4, 0.5) is 5.13 Å². The number of thiazole rings is 1. The van der Waals surface area contributed by atoms with Crippen molar-refractivity contribution in [1.29, 1.82) is 0 Å². The third-order valence-electron chi connectivity index (χ3n) is 2.69. The maximum atomic E-state index is 11.6. The predicted molar refractivity (Wildman–Crippen MR) is 74.9 cm³/mol. The standard InChI is InChI=1S/C11H16BrN3O2S/c12-9-7-14-11(18-9)15-10(16)3-6-17-8-1-4-13-5-2-8/h7-8,13H,1-6H2,(H,14,15,16). The molecule has 0 unspecified atom stereocenters. The van der Waals surface area contributed by atoms with E-state index < -0.39 is 0 Å². The van der Waals surface area contributed by atoms with Crippen molar-refractivity contribution in [3.05, 3.63) is 9.98 Å². The van der Waals surface area contributed by atoms with Crippen molar-refractivity contribution in [3.8, 4) is 0 Å². The maximum Gasteiger partial charge on any atom is 0.228 e. The Bertz CT molecular complexity index is 393. The molecule has 0 spiro atoms. The number of carbonyl (C=O) groups is 1. The van der Waals surface area contributed by atoms with Gasteiger partial charge in [-0.15, -0.1) is 0 Å². The van der Waals surface area contributed by atoms with Crippen LogP contribution in [0.15, 0.2) is 9.98 Å². The van der Waals surface area contributed by atoms with Crippen molar-refractivity contribution in [1.82, 2.24) is 10.3 Å². The van der Waals surface area contributed by atoms with Crippen molar-refractivity contribution in [2.24, 2.45) is 0 Å². The van der Waals surface area contributed by atoms with Crippen LogP contribution < -0.4 is 10.6 Å². The first-order valence-corrected chi connectivity index (χ1v) is 7.58. The van der Waals surface area contributed by atoms with Crippen molar-refractivity contribution in [2.45, 2.75) is 25.4 Å². The number of anilines is 1.